The van der Waals surface area contributed by atoms with E-state index in [0.717, 1.165) is 33.0 Å². The fraction of sp³-hybridized carbons (Fsp3) is 0.207. The summed E-state index contributed by atoms with van der Waals surface area (Å²) in [4.78, 5) is 4.89. The molecule has 2 aromatic heterocycles. The standard InChI is InChI=1S/C29H24N4/c1-17(2)21-10-7-11-22(18(3)4)28(21)27-16-32-29-24-9-6-5-8-23(24)25-12-19(14-30)20(15-31)13-26(25)33(27)29/h5-13,16-18H,1-4H3. The van der Waals surface area contributed by atoms with Crippen LogP contribution >= 0.6 is 0 Å². The van der Waals surface area contributed by atoms with Crippen molar-refractivity contribution in [3.8, 4) is 23.4 Å². The zero-order valence-corrected chi connectivity index (χ0v) is 19.2. The van der Waals surface area contributed by atoms with Gasteiger partial charge in [-0.3, -0.25) is 4.40 Å². The van der Waals surface area contributed by atoms with Gasteiger partial charge in [-0.05, 0) is 40.5 Å². The lowest BCUT2D eigenvalue weighted by atomic mass is 9.87. The van der Waals surface area contributed by atoms with Crippen molar-refractivity contribution in [3.63, 3.8) is 0 Å². The Morgan fingerprint density at radius 1 is 0.758 bits per heavy atom. The van der Waals surface area contributed by atoms with Crippen LogP contribution in [0, 0.1) is 22.7 Å². The minimum atomic E-state index is 0.343. The average Bonchev–Trinajstić information content (AvgIpc) is 3.27. The Kier molecular flexibility index (Phi) is 4.88. The molecule has 0 unspecified atom stereocenters. The van der Waals surface area contributed by atoms with Crippen LogP contribution in [-0.4, -0.2) is 9.38 Å². The number of aromatic nitrogens is 2. The summed E-state index contributed by atoms with van der Waals surface area (Å²) in [6, 6.07) is 22.8. The van der Waals surface area contributed by atoms with Gasteiger partial charge in [-0.25, -0.2) is 4.98 Å². The van der Waals surface area contributed by atoms with Crippen LogP contribution in [0.5, 0.6) is 0 Å². The van der Waals surface area contributed by atoms with E-state index in [1.54, 1.807) is 0 Å². The molecule has 0 saturated carbocycles. The van der Waals surface area contributed by atoms with E-state index in [4.69, 9.17) is 4.98 Å². The van der Waals surface area contributed by atoms with Gasteiger partial charge in [-0.2, -0.15) is 10.5 Å². The molecule has 0 radical (unpaired) electrons. The van der Waals surface area contributed by atoms with E-state index < -0.39 is 0 Å². The highest BCUT2D eigenvalue weighted by atomic mass is 15.0. The molecule has 0 aliphatic carbocycles. The SMILES string of the molecule is CC(C)c1cccc(C(C)C)c1-c1cnc2c3ccccc3c3cc(C#N)c(C#N)cc3n12. The van der Waals surface area contributed by atoms with E-state index in [0.29, 0.717) is 23.0 Å². The fourth-order valence-corrected chi connectivity index (χ4v) is 4.90. The van der Waals surface area contributed by atoms with Crippen LogP contribution in [-0.2, 0) is 0 Å². The second-order valence-corrected chi connectivity index (χ2v) is 9.11. The summed E-state index contributed by atoms with van der Waals surface area (Å²) in [7, 11) is 0. The molecule has 2 heterocycles. The molecule has 0 fully saturated rings. The highest BCUT2D eigenvalue weighted by Gasteiger charge is 2.21. The molecule has 0 aliphatic heterocycles. The van der Waals surface area contributed by atoms with Gasteiger partial charge in [0.1, 0.15) is 17.8 Å². The summed E-state index contributed by atoms with van der Waals surface area (Å²) < 4.78 is 2.17. The number of nitrogens with zero attached hydrogens (tertiary/aromatic N) is 4. The molecule has 0 amide bonds. The van der Waals surface area contributed by atoms with Gasteiger partial charge in [-0.15, -0.1) is 0 Å². The topological polar surface area (TPSA) is 64.9 Å². The Bertz CT molecular complexity index is 1610. The number of imidazole rings is 1. The number of benzene rings is 3. The molecule has 0 aliphatic rings. The summed E-state index contributed by atoms with van der Waals surface area (Å²) >= 11 is 0. The number of hydrogen-bond donors (Lipinski definition) is 0. The van der Waals surface area contributed by atoms with Crippen molar-refractivity contribution in [2.75, 3.05) is 0 Å². The van der Waals surface area contributed by atoms with E-state index in [9.17, 15) is 10.5 Å². The van der Waals surface area contributed by atoms with Crippen molar-refractivity contribution >= 4 is 27.3 Å². The molecule has 3 aromatic carbocycles. The Morgan fingerprint density at radius 3 is 1.97 bits per heavy atom. The van der Waals surface area contributed by atoms with Crippen molar-refractivity contribution in [1.82, 2.24) is 9.38 Å². The third kappa shape index (κ3) is 3.07. The van der Waals surface area contributed by atoms with Gasteiger partial charge in [0.2, 0.25) is 0 Å². The molecule has 0 saturated heterocycles. The van der Waals surface area contributed by atoms with E-state index in [1.807, 2.05) is 30.5 Å². The van der Waals surface area contributed by atoms with E-state index in [1.165, 1.54) is 16.7 Å². The normalized spacial score (nSPS) is 11.5. The van der Waals surface area contributed by atoms with E-state index in [-0.39, 0.29) is 0 Å². The molecule has 160 valence electrons. The van der Waals surface area contributed by atoms with Gasteiger partial charge < -0.3 is 0 Å². The molecule has 4 heteroatoms. The molecule has 0 spiro atoms. The van der Waals surface area contributed by atoms with Crippen molar-refractivity contribution in [3.05, 3.63) is 83.0 Å². The molecular formula is C29H24N4. The first-order chi connectivity index (χ1) is 16.0. The van der Waals surface area contributed by atoms with Crippen molar-refractivity contribution in [1.29, 1.82) is 10.5 Å². The number of hydrogen-bond acceptors (Lipinski definition) is 3. The van der Waals surface area contributed by atoms with Crippen LogP contribution in [0.3, 0.4) is 0 Å². The third-order valence-corrected chi connectivity index (χ3v) is 6.47. The summed E-state index contributed by atoms with van der Waals surface area (Å²) in [6.07, 6.45) is 1.96. The number of fused-ring (bicyclic) bond motifs is 6. The van der Waals surface area contributed by atoms with Gasteiger partial charge in [0.05, 0.1) is 28.5 Å². The summed E-state index contributed by atoms with van der Waals surface area (Å²) in [5.74, 6) is 0.687. The van der Waals surface area contributed by atoms with Crippen LogP contribution in [0.1, 0.15) is 61.8 Å². The maximum atomic E-state index is 9.74. The van der Waals surface area contributed by atoms with Crippen LogP contribution in [0.15, 0.2) is 60.8 Å². The smallest absolute Gasteiger partial charge is 0.145 e. The maximum absolute atomic E-state index is 9.74. The van der Waals surface area contributed by atoms with Crippen LogP contribution in [0.25, 0.3) is 38.6 Å². The van der Waals surface area contributed by atoms with Gasteiger partial charge >= 0.3 is 0 Å². The van der Waals surface area contributed by atoms with Crippen LogP contribution < -0.4 is 0 Å². The maximum Gasteiger partial charge on any atom is 0.145 e. The number of nitriles is 2. The second kappa shape index (κ2) is 7.76. The number of pyridine rings is 1. The first-order valence-corrected chi connectivity index (χ1v) is 11.3. The molecular weight excluding hydrogens is 404 g/mol. The second-order valence-electron chi connectivity index (χ2n) is 9.11. The zero-order chi connectivity index (χ0) is 23.3. The monoisotopic (exact) mass is 428 g/mol. The Morgan fingerprint density at radius 2 is 1.36 bits per heavy atom. The van der Waals surface area contributed by atoms with Crippen LogP contribution in [0.2, 0.25) is 0 Å². The fourth-order valence-electron chi connectivity index (χ4n) is 4.90. The molecule has 33 heavy (non-hydrogen) atoms. The average molecular weight is 429 g/mol. The lowest BCUT2D eigenvalue weighted by Gasteiger charge is -2.20. The lowest BCUT2D eigenvalue weighted by Crippen LogP contribution is -2.03. The lowest BCUT2D eigenvalue weighted by molar-refractivity contribution is 0.836. The molecule has 0 N–H and O–H groups in total. The summed E-state index contributed by atoms with van der Waals surface area (Å²) in [5.41, 5.74) is 7.28. The predicted octanol–water partition coefficient (Wildman–Crippen LogP) is 7.30. The van der Waals surface area contributed by atoms with Crippen LogP contribution in [0.4, 0.5) is 0 Å². The van der Waals surface area contributed by atoms with Crippen molar-refractivity contribution < 1.29 is 0 Å². The highest BCUT2D eigenvalue weighted by Crippen LogP contribution is 2.39. The quantitative estimate of drug-likeness (QED) is 0.283. The first-order valence-electron chi connectivity index (χ1n) is 11.3. The first kappa shape index (κ1) is 20.7. The minimum absolute atomic E-state index is 0.343. The third-order valence-electron chi connectivity index (χ3n) is 6.47. The predicted molar refractivity (Wildman–Crippen MR) is 133 cm³/mol. The van der Waals surface area contributed by atoms with Gasteiger partial charge in [0.25, 0.3) is 0 Å². The van der Waals surface area contributed by atoms with E-state index >= 15 is 0 Å². The summed E-state index contributed by atoms with van der Waals surface area (Å²) in [6.45, 7) is 8.86. The van der Waals surface area contributed by atoms with Crippen molar-refractivity contribution in [2.24, 2.45) is 0 Å². The molecule has 0 atom stereocenters. The van der Waals surface area contributed by atoms with Crippen molar-refractivity contribution in [2.45, 2.75) is 39.5 Å². The molecule has 4 nitrogen and oxygen atoms in total. The number of rotatable bonds is 3. The Hall–Kier alpha value is -4.15. The van der Waals surface area contributed by atoms with Gasteiger partial charge in [0, 0.05) is 16.3 Å². The molecule has 0 bridgehead atoms. The Labute approximate surface area is 193 Å². The van der Waals surface area contributed by atoms with Gasteiger partial charge in [-0.1, -0.05) is 70.2 Å². The minimum Gasteiger partial charge on any atom is -0.292 e. The largest absolute Gasteiger partial charge is 0.292 e. The highest BCUT2D eigenvalue weighted by molar-refractivity contribution is 6.13. The van der Waals surface area contributed by atoms with Gasteiger partial charge in [0.15, 0.2) is 0 Å². The molecule has 5 aromatic rings. The summed E-state index contributed by atoms with van der Waals surface area (Å²) in [5, 5.41) is 22.4. The zero-order valence-electron chi connectivity index (χ0n) is 19.2. The Balaban J connectivity index is 2.05. The van der Waals surface area contributed by atoms with E-state index in [2.05, 4.69) is 74.6 Å². The molecule has 5 rings (SSSR count).